The fourth-order valence-corrected chi connectivity index (χ4v) is 1.62. The van der Waals surface area contributed by atoms with Gasteiger partial charge in [0, 0.05) is 11.1 Å². The van der Waals surface area contributed by atoms with Crippen LogP contribution in [0.5, 0.6) is 0 Å². The van der Waals surface area contributed by atoms with Crippen LogP contribution in [0.1, 0.15) is 24.5 Å². The number of nitrogens with zero attached hydrogens (tertiary/aromatic N) is 2. The molecule has 15 heavy (non-hydrogen) atoms. The Kier molecular flexibility index (Phi) is 3.43. The summed E-state index contributed by atoms with van der Waals surface area (Å²) >= 11 is 1.50. The van der Waals surface area contributed by atoms with Gasteiger partial charge in [-0.05, 0) is 20.8 Å². The summed E-state index contributed by atoms with van der Waals surface area (Å²) in [5.74, 6) is -0.266. The van der Waals surface area contributed by atoms with Crippen LogP contribution in [0.15, 0.2) is 5.38 Å². The van der Waals surface area contributed by atoms with Gasteiger partial charge in [-0.1, -0.05) is 0 Å². The van der Waals surface area contributed by atoms with Crippen molar-refractivity contribution >= 4 is 17.2 Å². The highest BCUT2D eigenvalue weighted by atomic mass is 32.1. The van der Waals surface area contributed by atoms with Gasteiger partial charge in [0.05, 0.1) is 12.6 Å². The van der Waals surface area contributed by atoms with E-state index in [4.69, 9.17) is 5.26 Å². The van der Waals surface area contributed by atoms with Crippen molar-refractivity contribution in [2.75, 3.05) is 0 Å². The molecule has 0 radical (unpaired) electrons. The van der Waals surface area contributed by atoms with E-state index in [1.54, 1.807) is 13.8 Å². The lowest BCUT2D eigenvalue weighted by atomic mass is 9.95. The van der Waals surface area contributed by atoms with E-state index in [2.05, 4.69) is 10.3 Å². The molecule has 0 aliphatic heterocycles. The molecule has 80 valence electrons. The average Bonchev–Trinajstić information content (AvgIpc) is 2.60. The number of amides is 1. The van der Waals surface area contributed by atoms with Crippen molar-refractivity contribution < 1.29 is 4.79 Å². The van der Waals surface area contributed by atoms with Crippen LogP contribution in [0.4, 0.5) is 0 Å². The maximum Gasteiger partial charge on any atom is 0.240 e. The Morgan fingerprint density at radius 1 is 1.73 bits per heavy atom. The van der Waals surface area contributed by atoms with E-state index in [0.717, 1.165) is 10.7 Å². The first-order valence-corrected chi connectivity index (χ1v) is 5.44. The lowest BCUT2D eigenvalue weighted by molar-refractivity contribution is -0.126. The Hall–Kier alpha value is -1.41. The molecule has 1 amide bonds. The summed E-state index contributed by atoms with van der Waals surface area (Å²) in [6.45, 7) is 5.48. The summed E-state index contributed by atoms with van der Waals surface area (Å²) in [6, 6.07) is 1.95. The topological polar surface area (TPSA) is 65.8 Å². The number of carbonyl (C=O) groups excluding carboxylic acids is 1. The number of hydrogen-bond donors (Lipinski definition) is 1. The minimum absolute atomic E-state index is 0.266. The van der Waals surface area contributed by atoms with Crippen LogP contribution < -0.4 is 5.32 Å². The quantitative estimate of drug-likeness (QED) is 0.846. The van der Waals surface area contributed by atoms with Gasteiger partial charge in [0.1, 0.15) is 10.4 Å². The molecule has 0 aliphatic rings. The van der Waals surface area contributed by atoms with Crippen LogP contribution in [-0.2, 0) is 11.3 Å². The standard InChI is InChI=1S/C10H13N3OS/c1-7-5-15-8(13-7)4-12-9(14)10(2,3)6-11/h5H,4H2,1-3H3,(H,12,14). The molecule has 0 unspecified atom stereocenters. The average molecular weight is 223 g/mol. The predicted molar refractivity (Wildman–Crippen MR) is 58.1 cm³/mol. The van der Waals surface area contributed by atoms with Crippen LogP contribution in [-0.4, -0.2) is 10.9 Å². The Bertz CT molecular complexity index is 403. The van der Waals surface area contributed by atoms with Crippen molar-refractivity contribution in [2.24, 2.45) is 5.41 Å². The number of aromatic nitrogens is 1. The first kappa shape index (κ1) is 11.7. The summed E-state index contributed by atoms with van der Waals surface area (Å²) in [7, 11) is 0. The molecule has 1 rings (SSSR count). The monoisotopic (exact) mass is 223 g/mol. The largest absolute Gasteiger partial charge is 0.348 e. The molecule has 0 atom stereocenters. The molecule has 0 aliphatic carbocycles. The molecular formula is C10H13N3OS. The fourth-order valence-electron chi connectivity index (χ4n) is 0.912. The van der Waals surface area contributed by atoms with Gasteiger partial charge in [0.2, 0.25) is 5.91 Å². The summed E-state index contributed by atoms with van der Waals surface area (Å²) < 4.78 is 0. The predicted octanol–water partition coefficient (Wildman–Crippen LogP) is 1.62. The molecule has 5 heteroatoms. The van der Waals surface area contributed by atoms with Crippen LogP contribution in [0.2, 0.25) is 0 Å². The van der Waals surface area contributed by atoms with Gasteiger partial charge in [-0.25, -0.2) is 4.98 Å². The third-order valence-electron chi connectivity index (χ3n) is 1.91. The molecule has 0 saturated carbocycles. The van der Waals surface area contributed by atoms with Crippen molar-refractivity contribution in [3.8, 4) is 6.07 Å². The van der Waals surface area contributed by atoms with Crippen molar-refractivity contribution in [2.45, 2.75) is 27.3 Å². The van der Waals surface area contributed by atoms with Gasteiger partial charge < -0.3 is 5.32 Å². The summed E-state index contributed by atoms with van der Waals surface area (Å²) in [6.07, 6.45) is 0. The van der Waals surface area contributed by atoms with E-state index in [0.29, 0.717) is 6.54 Å². The maximum absolute atomic E-state index is 11.5. The highest BCUT2D eigenvalue weighted by Gasteiger charge is 2.26. The van der Waals surface area contributed by atoms with Crippen molar-refractivity contribution in [1.82, 2.24) is 10.3 Å². The molecular weight excluding hydrogens is 210 g/mol. The molecule has 0 spiro atoms. The normalized spacial score (nSPS) is 10.8. The van der Waals surface area contributed by atoms with Gasteiger partial charge in [-0.3, -0.25) is 4.79 Å². The number of hydrogen-bond acceptors (Lipinski definition) is 4. The Balaban J connectivity index is 2.52. The smallest absolute Gasteiger partial charge is 0.240 e. The zero-order chi connectivity index (χ0) is 11.5. The number of nitrogens with one attached hydrogen (secondary N) is 1. The number of thiazole rings is 1. The molecule has 4 nitrogen and oxygen atoms in total. The number of rotatable bonds is 3. The maximum atomic E-state index is 11.5. The third kappa shape index (κ3) is 3.03. The lowest BCUT2D eigenvalue weighted by Crippen LogP contribution is -2.35. The van der Waals surface area contributed by atoms with Gasteiger partial charge in [-0.15, -0.1) is 11.3 Å². The summed E-state index contributed by atoms with van der Waals surface area (Å²) in [5, 5.41) is 14.2. The van der Waals surface area contributed by atoms with E-state index < -0.39 is 5.41 Å². The van der Waals surface area contributed by atoms with E-state index in [1.807, 2.05) is 18.4 Å². The fraction of sp³-hybridized carbons (Fsp3) is 0.500. The third-order valence-corrected chi connectivity index (χ3v) is 2.88. The first-order chi connectivity index (χ1) is 6.95. The highest BCUT2D eigenvalue weighted by molar-refractivity contribution is 7.09. The lowest BCUT2D eigenvalue weighted by Gasteiger charge is -2.13. The molecule has 0 fully saturated rings. The van der Waals surface area contributed by atoms with E-state index in [-0.39, 0.29) is 5.91 Å². The minimum Gasteiger partial charge on any atom is -0.348 e. The van der Waals surface area contributed by atoms with Crippen LogP contribution in [0.3, 0.4) is 0 Å². The van der Waals surface area contributed by atoms with Crippen molar-refractivity contribution in [3.05, 3.63) is 16.1 Å². The van der Waals surface area contributed by atoms with Crippen LogP contribution >= 0.6 is 11.3 Å². The molecule has 0 bridgehead atoms. The van der Waals surface area contributed by atoms with Gasteiger partial charge >= 0.3 is 0 Å². The SMILES string of the molecule is Cc1csc(CNC(=O)C(C)(C)C#N)n1. The molecule has 1 aromatic heterocycles. The van der Waals surface area contributed by atoms with Crippen LogP contribution in [0, 0.1) is 23.7 Å². The summed E-state index contributed by atoms with van der Waals surface area (Å²) in [4.78, 5) is 15.7. The zero-order valence-electron chi connectivity index (χ0n) is 9.00. The molecule has 0 saturated heterocycles. The number of nitriles is 1. The van der Waals surface area contributed by atoms with Crippen molar-refractivity contribution in [1.29, 1.82) is 5.26 Å². The highest BCUT2D eigenvalue weighted by Crippen LogP contribution is 2.14. The molecule has 1 N–H and O–H groups in total. The van der Waals surface area contributed by atoms with E-state index in [9.17, 15) is 4.79 Å². The Labute approximate surface area is 92.9 Å². The second-order valence-corrected chi connectivity index (χ2v) is 4.74. The Morgan fingerprint density at radius 2 is 2.40 bits per heavy atom. The van der Waals surface area contributed by atoms with Crippen LogP contribution in [0.25, 0.3) is 0 Å². The number of carbonyl (C=O) groups is 1. The minimum atomic E-state index is -0.980. The van der Waals surface area contributed by atoms with E-state index in [1.165, 1.54) is 11.3 Å². The van der Waals surface area contributed by atoms with Crippen molar-refractivity contribution in [3.63, 3.8) is 0 Å². The molecule has 1 heterocycles. The molecule has 0 aromatic carbocycles. The second-order valence-electron chi connectivity index (χ2n) is 3.80. The van der Waals surface area contributed by atoms with Gasteiger partial charge in [0.15, 0.2) is 0 Å². The second kappa shape index (κ2) is 4.41. The first-order valence-electron chi connectivity index (χ1n) is 4.56. The van der Waals surface area contributed by atoms with Gasteiger partial charge in [-0.2, -0.15) is 5.26 Å². The van der Waals surface area contributed by atoms with Gasteiger partial charge in [0.25, 0.3) is 0 Å². The zero-order valence-corrected chi connectivity index (χ0v) is 9.81. The Morgan fingerprint density at radius 3 is 2.87 bits per heavy atom. The van der Waals surface area contributed by atoms with E-state index >= 15 is 0 Å². The molecule has 1 aromatic rings. The summed E-state index contributed by atoms with van der Waals surface area (Å²) in [5.41, 5.74) is -0.0319. The number of aryl methyl sites for hydroxylation is 1.